The summed E-state index contributed by atoms with van der Waals surface area (Å²) in [6.45, 7) is 3.61. The predicted molar refractivity (Wildman–Crippen MR) is 95.7 cm³/mol. The molecule has 4 nitrogen and oxygen atoms in total. The fourth-order valence-electron chi connectivity index (χ4n) is 4.44. The van der Waals surface area contributed by atoms with Gasteiger partial charge in [-0.3, -0.25) is 9.88 Å². The largest absolute Gasteiger partial charge is 0.329 e. The molecule has 3 saturated heterocycles. The Morgan fingerprint density at radius 3 is 2.79 bits per heavy atom. The molecule has 0 saturated carbocycles. The second-order valence-electron chi connectivity index (χ2n) is 7.18. The number of benzene rings is 1. The monoisotopic (exact) mass is 318 g/mol. The number of fused-ring (bicyclic) bond motifs is 4. The molecular formula is C20H22N4. The van der Waals surface area contributed by atoms with E-state index in [1.807, 2.05) is 18.5 Å². The molecule has 2 aromatic heterocycles. The Kier molecular flexibility index (Phi) is 3.37. The van der Waals surface area contributed by atoms with Crippen molar-refractivity contribution < 1.29 is 0 Å². The minimum atomic E-state index is 0.674. The quantitative estimate of drug-likeness (QED) is 0.740. The van der Waals surface area contributed by atoms with E-state index in [4.69, 9.17) is 0 Å². The van der Waals surface area contributed by atoms with E-state index in [-0.39, 0.29) is 0 Å². The minimum absolute atomic E-state index is 0.674. The van der Waals surface area contributed by atoms with Gasteiger partial charge in [-0.25, -0.2) is 4.98 Å². The zero-order chi connectivity index (χ0) is 15.9. The number of rotatable bonds is 3. The molecule has 0 amide bonds. The molecule has 3 aromatic rings. The number of pyridine rings is 1. The van der Waals surface area contributed by atoms with E-state index in [9.17, 15) is 0 Å². The second-order valence-corrected chi connectivity index (χ2v) is 7.18. The highest BCUT2D eigenvalue weighted by Gasteiger charge is 2.33. The molecule has 3 aliphatic heterocycles. The fraction of sp³-hybridized carbons (Fsp3) is 0.400. The van der Waals surface area contributed by atoms with Gasteiger partial charge in [-0.05, 0) is 62.5 Å². The van der Waals surface area contributed by atoms with Crippen LogP contribution in [0.2, 0.25) is 0 Å². The van der Waals surface area contributed by atoms with Crippen molar-refractivity contribution in [3.63, 3.8) is 0 Å². The Bertz CT molecular complexity index is 861. The molecule has 1 aromatic carbocycles. The first-order valence-corrected chi connectivity index (χ1v) is 8.97. The molecule has 1 unspecified atom stereocenters. The molecule has 122 valence electrons. The predicted octanol–water partition coefficient (Wildman–Crippen LogP) is 3.58. The zero-order valence-corrected chi connectivity index (χ0v) is 13.8. The minimum Gasteiger partial charge on any atom is -0.329 e. The normalized spacial score (nSPS) is 26.1. The third-order valence-electron chi connectivity index (χ3n) is 5.76. The first-order chi connectivity index (χ1) is 11.9. The summed E-state index contributed by atoms with van der Waals surface area (Å²) in [7, 11) is 0. The smallest absolute Gasteiger partial charge is 0.139 e. The molecule has 6 rings (SSSR count). The van der Waals surface area contributed by atoms with Crippen LogP contribution >= 0.6 is 0 Å². The van der Waals surface area contributed by atoms with E-state index in [0.29, 0.717) is 6.04 Å². The van der Waals surface area contributed by atoms with Crippen LogP contribution in [0.25, 0.3) is 22.3 Å². The highest BCUT2D eigenvalue weighted by atomic mass is 15.2. The van der Waals surface area contributed by atoms with Gasteiger partial charge in [0, 0.05) is 42.1 Å². The molecule has 0 aliphatic carbocycles. The van der Waals surface area contributed by atoms with Crippen LogP contribution in [0.3, 0.4) is 0 Å². The molecular weight excluding hydrogens is 296 g/mol. The molecule has 2 bridgehead atoms. The van der Waals surface area contributed by atoms with Crippen molar-refractivity contribution in [2.45, 2.75) is 31.8 Å². The van der Waals surface area contributed by atoms with E-state index < -0.39 is 0 Å². The van der Waals surface area contributed by atoms with Crippen LogP contribution in [0.1, 0.15) is 19.3 Å². The van der Waals surface area contributed by atoms with Crippen molar-refractivity contribution in [3.05, 3.63) is 48.9 Å². The molecule has 0 radical (unpaired) electrons. The number of piperidine rings is 3. The lowest BCUT2D eigenvalue weighted by Gasteiger charge is -2.45. The van der Waals surface area contributed by atoms with Crippen molar-refractivity contribution in [2.75, 3.05) is 13.1 Å². The van der Waals surface area contributed by atoms with Gasteiger partial charge in [-0.2, -0.15) is 0 Å². The highest BCUT2D eigenvalue weighted by Crippen LogP contribution is 2.33. The Morgan fingerprint density at radius 1 is 1.04 bits per heavy atom. The van der Waals surface area contributed by atoms with E-state index in [1.54, 1.807) is 0 Å². The first kappa shape index (κ1) is 14.2. The summed E-state index contributed by atoms with van der Waals surface area (Å²) < 4.78 is 2.34. The van der Waals surface area contributed by atoms with Crippen LogP contribution in [-0.2, 0) is 6.54 Å². The lowest BCUT2D eigenvalue weighted by atomic mass is 9.83. The van der Waals surface area contributed by atoms with E-state index >= 15 is 0 Å². The van der Waals surface area contributed by atoms with E-state index in [1.165, 1.54) is 43.3 Å². The topological polar surface area (TPSA) is 34.0 Å². The van der Waals surface area contributed by atoms with Gasteiger partial charge in [0.05, 0.1) is 5.52 Å². The molecule has 1 atom stereocenters. The summed E-state index contributed by atoms with van der Waals surface area (Å²) in [4.78, 5) is 11.7. The molecule has 3 fully saturated rings. The van der Waals surface area contributed by atoms with Crippen LogP contribution in [-0.4, -0.2) is 38.6 Å². The Balaban J connectivity index is 1.45. The van der Waals surface area contributed by atoms with Gasteiger partial charge >= 0.3 is 0 Å². The first-order valence-electron chi connectivity index (χ1n) is 8.97. The molecule has 24 heavy (non-hydrogen) atoms. The summed E-state index contributed by atoms with van der Waals surface area (Å²) in [5, 5.41) is 1.17. The number of hydrogen-bond donors (Lipinski definition) is 0. The fourth-order valence-corrected chi connectivity index (χ4v) is 4.44. The van der Waals surface area contributed by atoms with E-state index in [2.05, 4.69) is 49.9 Å². The number of aromatic nitrogens is 3. The third kappa shape index (κ3) is 2.42. The van der Waals surface area contributed by atoms with Gasteiger partial charge in [0.15, 0.2) is 0 Å². The van der Waals surface area contributed by atoms with Gasteiger partial charge in [0.1, 0.15) is 5.82 Å². The van der Waals surface area contributed by atoms with E-state index in [0.717, 1.165) is 23.8 Å². The van der Waals surface area contributed by atoms with Gasteiger partial charge in [-0.15, -0.1) is 0 Å². The van der Waals surface area contributed by atoms with Crippen molar-refractivity contribution in [3.8, 4) is 11.4 Å². The van der Waals surface area contributed by atoms with Crippen molar-refractivity contribution >= 4 is 10.9 Å². The number of hydrogen-bond acceptors (Lipinski definition) is 3. The summed E-state index contributed by atoms with van der Waals surface area (Å²) >= 11 is 0. The second kappa shape index (κ2) is 5.71. The third-order valence-corrected chi connectivity index (χ3v) is 5.76. The SMILES string of the molecule is c1cnc2ccc(-c3nccn3CC3CC4CCN3CC4)cc2c1. The summed E-state index contributed by atoms with van der Waals surface area (Å²) in [5.74, 6) is 2.02. The average molecular weight is 318 g/mol. The maximum atomic E-state index is 4.64. The van der Waals surface area contributed by atoms with Crippen LogP contribution in [0.5, 0.6) is 0 Å². The van der Waals surface area contributed by atoms with Crippen LogP contribution in [0.15, 0.2) is 48.9 Å². The van der Waals surface area contributed by atoms with Crippen molar-refractivity contribution in [1.29, 1.82) is 0 Å². The lowest BCUT2D eigenvalue weighted by molar-refractivity contribution is 0.0408. The van der Waals surface area contributed by atoms with Crippen LogP contribution in [0.4, 0.5) is 0 Å². The molecule has 0 N–H and O–H groups in total. The van der Waals surface area contributed by atoms with Crippen LogP contribution < -0.4 is 0 Å². The van der Waals surface area contributed by atoms with Crippen molar-refractivity contribution in [1.82, 2.24) is 19.4 Å². The average Bonchev–Trinajstić information content (AvgIpc) is 3.10. The zero-order valence-electron chi connectivity index (χ0n) is 13.8. The summed E-state index contributed by atoms with van der Waals surface area (Å²) in [5.41, 5.74) is 2.21. The lowest BCUT2D eigenvalue weighted by Crippen LogP contribution is -2.50. The summed E-state index contributed by atoms with van der Waals surface area (Å²) in [6.07, 6.45) is 10.0. The van der Waals surface area contributed by atoms with Gasteiger partial charge in [0.25, 0.3) is 0 Å². The maximum Gasteiger partial charge on any atom is 0.139 e. The Morgan fingerprint density at radius 2 is 1.96 bits per heavy atom. The van der Waals surface area contributed by atoms with Gasteiger partial charge in [-0.1, -0.05) is 6.07 Å². The van der Waals surface area contributed by atoms with Gasteiger partial charge < -0.3 is 4.57 Å². The maximum absolute atomic E-state index is 4.64. The molecule has 3 aliphatic rings. The van der Waals surface area contributed by atoms with Gasteiger partial charge in [0.2, 0.25) is 0 Å². The molecule has 0 spiro atoms. The molecule has 4 heteroatoms. The summed E-state index contributed by atoms with van der Waals surface area (Å²) in [6, 6.07) is 11.2. The Hall–Kier alpha value is -2.20. The van der Waals surface area contributed by atoms with Crippen LogP contribution in [0, 0.1) is 5.92 Å². The standard InChI is InChI=1S/C20H22N4/c1-2-16-13-17(3-4-19(16)21-7-1)20-22-8-11-24(20)14-18-12-15-5-9-23(18)10-6-15/h1-4,7-8,11,13,15,18H,5-6,9-10,12,14H2. The number of nitrogens with zero attached hydrogens (tertiary/aromatic N) is 4. The van der Waals surface area contributed by atoms with Crippen molar-refractivity contribution in [2.24, 2.45) is 5.92 Å². The molecule has 5 heterocycles. The number of imidazole rings is 1. The Labute approximate surface area is 142 Å². The highest BCUT2D eigenvalue weighted by molar-refractivity contribution is 5.83.